The summed E-state index contributed by atoms with van der Waals surface area (Å²) in [6.45, 7) is 0. The SMILES string of the molecule is O=C([O-])CC([Se]C1CCC(=O)C1)c1ccccc1.[Na+]. The molecule has 2 unspecified atom stereocenters. The second kappa shape index (κ2) is 8.23. The largest absolute Gasteiger partial charge is 1.00 e. The molecule has 0 N–H and O–H groups in total. The minimum atomic E-state index is -1.00. The van der Waals surface area contributed by atoms with E-state index in [0.717, 1.165) is 12.0 Å². The Kier molecular flexibility index (Phi) is 7.33. The van der Waals surface area contributed by atoms with Crippen LogP contribution in [0.5, 0.6) is 0 Å². The molecule has 19 heavy (non-hydrogen) atoms. The van der Waals surface area contributed by atoms with E-state index in [1.165, 1.54) is 0 Å². The summed E-state index contributed by atoms with van der Waals surface area (Å²) in [6.07, 6.45) is 2.29. The first-order valence-electron chi connectivity index (χ1n) is 6.07. The Balaban J connectivity index is 0.00000180. The topological polar surface area (TPSA) is 57.2 Å². The van der Waals surface area contributed by atoms with Gasteiger partial charge in [0, 0.05) is 0 Å². The van der Waals surface area contributed by atoms with Gasteiger partial charge in [-0.25, -0.2) is 0 Å². The standard InChI is InChI=1S/C14H16O3Se.Na/c15-11-6-7-12(8-11)18-13(9-14(16)17)10-4-2-1-3-5-10;/h1-5,12-13H,6-9H2,(H,16,17);/q;+1/p-1. The van der Waals surface area contributed by atoms with Crippen LogP contribution in [0.25, 0.3) is 0 Å². The van der Waals surface area contributed by atoms with Gasteiger partial charge in [0.1, 0.15) is 0 Å². The summed E-state index contributed by atoms with van der Waals surface area (Å²) in [5.74, 6) is -0.683. The number of carboxylic acid groups (broad SMARTS) is 1. The number of carbonyl (C=O) groups excluding carboxylic acids is 2. The van der Waals surface area contributed by atoms with Crippen LogP contribution >= 0.6 is 0 Å². The molecule has 0 amide bonds. The fourth-order valence-electron chi connectivity index (χ4n) is 2.19. The maximum absolute atomic E-state index is 11.3. The molecule has 96 valence electrons. The van der Waals surface area contributed by atoms with Gasteiger partial charge in [-0.2, -0.15) is 0 Å². The van der Waals surface area contributed by atoms with Crippen LogP contribution in [0.15, 0.2) is 30.3 Å². The predicted molar refractivity (Wildman–Crippen MR) is 67.2 cm³/mol. The van der Waals surface area contributed by atoms with Crippen LogP contribution in [-0.2, 0) is 9.59 Å². The molecule has 2 atom stereocenters. The fourth-order valence-corrected chi connectivity index (χ4v) is 5.44. The second-order valence-corrected chi connectivity index (χ2v) is 7.68. The molecule has 0 aliphatic heterocycles. The van der Waals surface area contributed by atoms with Crippen molar-refractivity contribution in [2.45, 2.75) is 35.3 Å². The van der Waals surface area contributed by atoms with Gasteiger partial charge in [-0.05, 0) is 0 Å². The van der Waals surface area contributed by atoms with Gasteiger partial charge in [0.2, 0.25) is 0 Å². The Bertz CT molecular complexity index is 436. The molecule has 1 aromatic carbocycles. The van der Waals surface area contributed by atoms with Crippen molar-refractivity contribution >= 4 is 26.7 Å². The summed E-state index contributed by atoms with van der Waals surface area (Å²) in [4.78, 5) is 22.6. The third-order valence-electron chi connectivity index (χ3n) is 3.08. The molecule has 1 saturated carbocycles. The van der Waals surface area contributed by atoms with Gasteiger partial charge in [-0.1, -0.05) is 0 Å². The number of hydrogen-bond donors (Lipinski definition) is 0. The number of benzene rings is 1. The van der Waals surface area contributed by atoms with E-state index < -0.39 is 5.97 Å². The Hall–Kier alpha value is -0.121. The first kappa shape index (κ1) is 16.9. The molecule has 1 aliphatic rings. The maximum atomic E-state index is 11.3. The summed E-state index contributed by atoms with van der Waals surface area (Å²) < 4.78 is 0. The smallest absolute Gasteiger partial charge is 1.00 e. The molecular weight excluding hydrogens is 318 g/mol. The summed E-state index contributed by atoms with van der Waals surface area (Å²) in [5.41, 5.74) is 1.06. The molecule has 0 saturated heterocycles. The van der Waals surface area contributed by atoms with Gasteiger partial charge in [0.05, 0.1) is 0 Å². The Morgan fingerprint density at radius 1 is 1.37 bits per heavy atom. The van der Waals surface area contributed by atoms with Crippen LogP contribution in [-0.4, -0.2) is 26.7 Å². The molecule has 0 spiro atoms. The minimum Gasteiger partial charge on any atom is 1.00 e. The third kappa shape index (κ3) is 5.41. The third-order valence-corrected chi connectivity index (χ3v) is 6.34. The minimum absolute atomic E-state index is 0. The second-order valence-electron chi connectivity index (χ2n) is 4.52. The van der Waals surface area contributed by atoms with Gasteiger partial charge < -0.3 is 0 Å². The van der Waals surface area contributed by atoms with E-state index in [1.54, 1.807) is 0 Å². The van der Waals surface area contributed by atoms with Crippen molar-refractivity contribution in [3.8, 4) is 0 Å². The van der Waals surface area contributed by atoms with Crippen LogP contribution in [0.3, 0.4) is 0 Å². The fraction of sp³-hybridized carbons (Fsp3) is 0.429. The van der Waals surface area contributed by atoms with Crippen LogP contribution in [0.4, 0.5) is 0 Å². The number of hydrogen-bond acceptors (Lipinski definition) is 3. The number of carboxylic acids is 1. The average molecular weight is 333 g/mol. The van der Waals surface area contributed by atoms with Crippen molar-refractivity contribution in [2.75, 3.05) is 0 Å². The van der Waals surface area contributed by atoms with Crippen LogP contribution in [0.1, 0.15) is 36.1 Å². The molecule has 0 bridgehead atoms. The van der Waals surface area contributed by atoms with Crippen molar-refractivity contribution in [3.05, 3.63) is 35.9 Å². The molecule has 2 rings (SSSR count). The van der Waals surface area contributed by atoms with E-state index in [1.807, 2.05) is 30.3 Å². The number of aliphatic carboxylic acids is 1. The van der Waals surface area contributed by atoms with Gasteiger partial charge in [0.25, 0.3) is 0 Å². The van der Waals surface area contributed by atoms with E-state index in [9.17, 15) is 14.7 Å². The Morgan fingerprint density at radius 3 is 2.58 bits per heavy atom. The number of Topliss-reactive ketones (excluding diaryl/α,β-unsaturated/α-hetero) is 1. The van der Waals surface area contributed by atoms with Crippen molar-refractivity contribution in [1.29, 1.82) is 0 Å². The van der Waals surface area contributed by atoms with E-state index >= 15 is 0 Å². The van der Waals surface area contributed by atoms with Crippen LogP contribution in [0.2, 0.25) is 4.82 Å². The van der Waals surface area contributed by atoms with Crippen LogP contribution in [0, 0.1) is 0 Å². The van der Waals surface area contributed by atoms with E-state index in [4.69, 9.17) is 0 Å². The van der Waals surface area contributed by atoms with Crippen molar-refractivity contribution in [3.63, 3.8) is 0 Å². The number of rotatable bonds is 5. The summed E-state index contributed by atoms with van der Waals surface area (Å²) >= 11 is 0.146. The molecule has 0 heterocycles. The zero-order valence-electron chi connectivity index (χ0n) is 11.0. The first-order valence-corrected chi connectivity index (χ1v) is 8.05. The molecule has 3 nitrogen and oxygen atoms in total. The number of ketones is 1. The van der Waals surface area contributed by atoms with Crippen molar-refractivity contribution < 1.29 is 44.3 Å². The van der Waals surface area contributed by atoms with Crippen LogP contribution < -0.4 is 34.7 Å². The van der Waals surface area contributed by atoms with Gasteiger partial charge in [-0.3, -0.25) is 0 Å². The van der Waals surface area contributed by atoms with Crippen molar-refractivity contribution in [2.24, 2.45) is 0 Å². The van der Waals surface area contributed by atoms with Crippen molar-refractivity contribution in [1.82, 2.24) is 0 Å². The van der Waals surface area contributed by atoms with E-state index in [2.05, 4.69) is 0 Å². The summed E-state index contributed by atoms with van der Waals surface area (Å²) in [7, 11) is 0. The Labute approximate surface area is 141 Å². The zero-order valence-corrected chi connectivity index (χ0v) is 14.7. The molecule has 0 aromatic heterocycles. The first-order chi connectivity index (χ1) is 8.65. The Morgan fingerprint density at radius 2 is 2.05 bits per heavy atom. The molecular formula is C14H15NaO3Se. The van der Waals surface area contributed by atoms with E-state index in [-0.39, 0.29) is 55.8 Å². The number of carbonyl (C=O) groups is 2. The van der Waals surface area contributed by atoms with Gasteiger partial charge in [-0.15, -0.1) is 0 Å². The quantitative estimate of drug-likeness (QED) is 0.593. The monoisotopic (exact) mass is 334 g/mol. The molecule has 1 aliphatic carbocycles. The summed E-state index contributed by atoms with van der Waals surface area (Å²) in [6, 6.07) is 9.70. The summed E-state index contributed by atoms with van der Waals surface area (Å²) in [5, 5.41) is 10.9. The molecule has 5 heteroatoms. The maximum Gasteiger partial charge on any atom is 1.00 e. The van der Waals surface area contributed by atoms with Gasteiger partial charge in [0.15, 0.2) is 0 Å². The van der Waals surface area contributed by atoms with Gasteiger partial charge >= 0.3 is 142 Å². The normalized spacial score (nSPS) is 19.8. The molecule has 1 aromatic rings. The molecule has 0 radical (unpaired) electrons. The van der Waals surface area contributed by atoms with E-state index in [0.29, 0.717) is 23.4 Å². The zero-order chi connectivity index (χ0) is 13.0. The average Bonchev–Trinajstić information content (AvgIpc) is 2.75. The predicted octanol–water partition coefficient (Wildman–Crippen LogP) is -1.88. The molecule has 1 fully saturated rings.